The first-order chi connectivity index (χ1) is 9.85. The van der Waals surface area contributed by atoms with Crippen LogP contribution >= 0.6 is 0 Å². The van der Waals surface area contributed by atoms with Crippen LogP contribution in [0.3, 0.4) is 0 Å². The van der Waals surface area contributed by atoms with Crippen LogP contribution in [0.25, 0.3) is 0 Å². The lowest BCUT2D eigenvalue weighted by Crippen LogP contribution is -2.35. The summed E-state index contributed by atoms with van der Waals surface area (Å²) in [4.78, 5) is 11.3. The van der Waals surface area contributed by atoms with Gasteiger partial charge >= 0.3 is 6.18 Å². The molecular formula is C11H17F3N4O3. The van der Waals surface area contributed by atoms with E-state index in [-0.39, 0.29) is 6.54 Å². The van der Waals surface area contributed by atoms with Gasteiger partial charge in [0.05, 0.1) is 6.20 Å². The fourth-order valence-electron chi connectivity index (χ4n) is 1.42. The molecule has 0 saturated carbocycles. The molecule has 0 spiro atoms. The third kappa shape index (κ3) is 6.54. The number of carbonyl (C=O) groups excluding carboxylic acids is 1. The Morgan fingerprint density at radius 1 is 1.38 bits per heavy atom. The number of nitrogens with zero attached hydrogens (tertiary/aromatic N) is 3. The molecule has 0 bridgehead atoms. The SMILES string of the molecule is CCOC(OCC)c1cn(CC(=O)NCC(F)(F)F)nn1. The molecule has 0 aliphatic rings. The van der Waals surface area contributed by atoms with E-state index in [0.29, 0.717) is 18.9 Å². The van der Waals surface area contributed by atoms with E-state index in [4.69, 9.17) is 9.47 Å². The molecule has 1 aromatic heterocycles. The van der Waals surface area contributed by atoms with Crippen molar-refractivity contribution in [2.24, 2.45) is 0 Å². The molecule has 1 amide bonds. The van der Waals surface area contributed by atoms with Crippen LogP contribution in [0, 0.1) is 0 Å². The summed E-state index contributed by atoms with van der Waals surface area (Å²) in [6, 6.07) is 0. The molecule has 0 atom stereocenters. The molecule has 0 aromatic carbocycles. The lowest BCUT2D eigenvalue weighted by Gasteiger charge is -2.13. The van der Waals surface area contributed by atoms with Gasteiger partial charge in [0.15, 0.2) is 0 Å². The topological polar surface area (TPSA) is 78.3 Å². The minimum absolute atomic E-state index is 0.349. The normalized spacial score (nSPS) is 11.9. The molecule has 7 nitrogen and oxygen atoms in total. The summed E-state index contributed by atoms with van der Waals surface area (Å²) in [5, 5.41) is 9.17. The molecule has 10 heteroatoms. The van der Waals surface area contributed by atoms with E-state index in [0.717, 1.165) is 4.68 Å². The molecule has 1 heterocycles. The maximum Gasteiger partial charge on any atom is 0.405 e. The van der Waals surface area contributed by atoms with Crippen LogP contribution in [-0.4, -0.2) is 46.8 Å². The van der Waals surface area contributed by atoms with Crippen molar-refractivity contribution in [1.29, 1.82) is 0 Å². The van der Waals surface area contributed by atoms with Crippen LogP contribution in [0.15, 0.2) is 6.20 Å². The zero-order valence-electron chi connectivity index (χ0n) is 11.7. The number of amides is 1. The maximum absolute atomic E-state index is 12.0. The summed E-state index contributed by atoms with van der Waals surface area (Å²) in [6.45, 7) is 2.59. The fourth-order valence-corrected chi connectivity index (χ4v) is 1.42. The number of hydrogen-bond donors (Lipinski definition) is 1. The molecule has 1 N–H and O–H groups in total. The molecule has 0 fully saturated rings. The number of nitrogens with one attached hydrogen (secondary N) is 1. The summed E-state index contributed by atoms with van der Waals surface area (Å²) in [6.07, 6.45) is -3.77. The molecular weight excluding hydrogens is 293 g/mol. The molecule has 0 aliphatic carbocycles. The molecule has 1 aromatic rings. The zero-order valence-corrected chi connectivity index (χ0v) is 11.7. The Balaban J connectivity index is 2.56. The van der Waals surface area contributed by atoms with E-state index >= 15 is 0 Å². The fraction of sp³-hybridized carbons (Fsp3) is 0.727. The average molecular weight is 310 g/mol. The molecule has 1 rings (SSSR count). The van der Waals surface area contributed by atoms with Gasteiger partial charge in [-0.25, -0.2) is 4.68 Å². The van der Waals surface area contributed by atoms with Crippen LogP contribution in [-0.2, 0) is 20.8 Å². The van der Waals surface area contributed by atoms with Crippen LogP contribution < -0.4 is 5.32 Å². The van der Waals surface area contributed by atoms with Crippen molar-refractivity contribution in [3.05, 3.63) is 11.9 Å². The predicted molar refractivity (Wildman–Crippen MR) is 65.1 cm³/mol. The second kappa shape index (κ2) is 7.93. The van der Waals surface area contributed by atoms with Crippen molar-refractivity contribution >= 4 is 5.91 Å². The van der Waals surface area contributed by atoms with Gasteiger partial charge in [0, 0.05) is 13.2 Å². The Morgan fingerprint density at radius 3 is 2.52 bits per heavy atom. The standard InChI is InChI=1S/C11H17F3N4O3/c1-3-20-10(21-4-2)8-5-18(17-16-8)6-9(19)15-7-11(12,13)14/h5,10H,3-4,6-7H2,1-2H3,(H,15,19). The minimum Gasteiger partial charge on any atom is -0.347 e. The second-order valence-corrected chi connectivity index (χ2v) is 3.98. The van der Waals surface area contributed by atoms with Crippen molar-refractivity contribution in [3.63, 3.8) is 0 Å². The lowest BCUT2D eigenvalue weighted by molar-refractivity contribution is -0.142. The molecule has 120 valence electrons. The number of aromatic nitrogens is 3. The third-order valence-corrected chi connectivity index (χ3v) is 2.23. The van der Waals surface area contributed by atoms with E-state index in [2.05, 4.69) is 10.3 Å². The van der Waals surface area contributed by atoms with Crippen molar-refractivity contribution in [2.45, 2.75) is 32.9 Å². The minimum atomic E-state index is -4.45. The second-order valence-electron chi connectivity index (χ2n) is 3.98. The third-order valence-electron chi connectivity index (χ3n) is 2.23. The van der Waals surface area contributed by atoms with E-state index in [1.165, 1.54) is 6.20 Å². The van der Waals surface area contributed by atoms with Gasteiger partial charge in [-0.1, -0.05) is 5.21 Å². The Bertz CT molecular complexity index is 444. The van der Waals surface area contributed by atoms with Gasteiger partial charge in [0.25, 0.3) is 0 Å². The number of halogens is 3. The predicted octanol–water partition coefficient (Wildman–Crippen LogP) is 1.03. The van der Waals surface area contributed by atoms with Gasteiger partial charge < -0.3 is 14.8 Å². The maximum atomic E-state index is 12.0. The van der Waals surface area contributed by atoms with E-state index in [1.807, 2.05) is 0 Å². The zero-order chi connectivity index (χ0) is 15.9. The summed E-state index contributed by atoms with van der Waals surface area (Å²) in [7, 11) is 0. The van der Waals surface area contributed by atoms with Crippen molar-refractivity contribution in [1.82, 2.24) is 20.3 Å². The number of carbonyl (C=O) groups is 1. The number of rotatable bonds is 8. The molecule has 0 radical (unpaired) electrons. The van der Waals surface area contributed by atoms with Gasteiger partial charge in [0.1, 0.15) is 18.8 Å². The van der Waals surface area contributed by atoms with Crippen molar-refractivity contribution in [3.8, 4) is 0 Å². The highest BCUT2D eigenvalue weighted by Gasteiger charge is 2.27. The van der Waals surface area contributed by atoms with Gasteiger partial charge in [-0.15, -0.1) is 5.10 Å². The summed E-state index contributed by atoms with van der Waals surface area (Å²) in [5.74, 6) is -0.812. The highest BCUT2D eigenvalue weighted by Crippen LogP contribution is 2.15. The average Bonchev–Trinajstić information content (AvgIpc) is 2.84. The van der Waals surface area contributed by atoms with Gasteiger partial charge in [-0.05, 0) is 13.8 Å². The molecule has 0 saturated heterocycles. The van der Waals surface area contributed by atoms with Crippen LogP contribution in [0.4, 0.5) is 13.2 Å². The molecule has 0 aliphatic heterocycles. The van der Waals surface area contributed by atoms with E-state index in [9.17, 15) is 18.0 Å². The number of alkyl halides is 3. The Labute approximate surface area is 119 Å². The first kappa shape index (κ1) is 17.4. The number of ether oxygens (including phenoxy) is 2. The quantitative estimate of drug-likeness (QED) is 0.726. The van der Waals surface area contributed by atoms with Gasteiger partial charge in [-0.2, -0.15) is 13.2 Å². The Hall–Kier alpha value is -1.68. The van der Waals surface area contributed by atoms with Crippen molar-refractivity contribution in [2.75, 3.05) is 19.8 Å². The summed E-state index contributed by atoms with van der Waals surface area (Å²) >= 11 is 0. The summed E-state index contributed by atoms with van der Waals surface area (Å²) in [5.41, 5.74) is 0.349. The van der Waals surface area contributed by atoms with Gasteiger partial charge in [0.2, 0.25) is 12.2 Å². The largest absolute Gasteiger partial charge is 0.405 e. The van der Waals surface area contributed by atoms with Crippen LogP contribution in [0.2, 0.25) is 0 Å². The van der Waals surface area contributed by atoms with E-state index in [1.54, 1.807) is 19.2 Å². The molecule has 0 unspecified atom stereocenters. The van der Waals surface area contributed by atoms with Crippen molar-refractivity contribution < 1.29 is 27.4 Å². The Kier molecular flexibility index (Phi) is 6.56. The van der Waals surface area contributed by atoms with Crippen LogP contribution in [0.1, 0.15) is 25.8 Å². The first-order valence-corrected chi connectivity index (χ1v) is 6.32. The lowest BCUT2D eigenvalue weighted by atomic mass is 10.4. The smallest absolute Gasteiger partial charge is 0.347 e. The van der Waals surface area contributed by atoms with E-state index < -0.39 is 24.9 Å². The van der Waals surface area contributed by atoms with Crippen LogP contribution in [0.5, 0.6) is 0 Å². The number of hydrogen-bond acceptors (Lipinski definition) is 5. The molecule has 21 heavy (non-hydrogen) atoms. The highest BCUT2D eigenvalue weighted by molar-refractivity contribution is 5.75. The summed E-state index contributed by atoms with van der Waals surface area (Å²) < 4.78 is 47.6. The monoisotopic (exact) mass is 310 g/mol. The van der Waals surface area contributed by atoms with Gasteiger partial charge in [-0.3, -0.25) is 4.79 Å². The first-order valence-electron chi connectivity index (χ1n) is 6.32. The Morgan fingerprint density at radius 2 is 2.00 bits per heavy atom. The highest BCUT2D eigenvalue weighted by atomic mass is 19.4.